The molecule has 0 aliphatic carbocycles. The summed E-state index contributed by atoms with van der Waals surface area (Å²) in [5, 5.41) is 8.68. The van der Waals surface area contributed by atoms with E-state index in [-0.39, 0.29) is 22.8 Å². The van der Waals surface area contributed by atoms with Crippen molar-refractivity contribution < 1.29 is 8.78 Å². The largest absolute Gasteiger partial charge is 0.383 e. The van der Waals surface area contributed by atoms with Crippen LogP contribution in [0.5, 0.6) is 0 Å². The molecule has 0 saturated heterocycles. The van der Waals surface area contributed by atoms with Gasteiger partial charge in [0.2, 0.25) is 0 Å². The number of anilines is 1. The molecule has 1 rings (SSSR count). The molecule has 0 atom stereocenters. The van der Waals surface area contributed by atoms with Crippen LogP contribution in [0.4, 0.5) is 14.6 Å². The van der Waals surface area contributed by atoms with Gasteiger partial charge in [0.1, 0.15) is 11.9 Å². The Labute approximate surface area is 84.1 Å². The van der Waals surface area contributed by atoms with Crippen molar-refractivity contribution in [2.24, 2.45) is 0 Å². The number of aromatic nitrogens is 1. The van der Waals surface area contributed by atoms with Gasteiger partial charge < -0.3 is 5.73 Å². The third-order valence-corrected chi connectivity index (χ3v) is 1.99. The van der Waals surface area contributed by atoms with Gasteiger partial charge >= 0.3 is 0 Å². The number of hydrogen-bond acceptors (Lipinski definition) is 3. The highest BCUT2D eigenvalue weighted by atomic mass is 35.5. The molecule has 1 aromatic rings. The van der Waals surface area contributed by atoms with Crippen LogP contribution < -0.4 is 5.73 Å². The minimum absolute atomic E-state index is 0.0457. The Kier molecular flexibility index (Phi) is 3.20. The van der Waals surface area contributed by atoms with Crippen molar-refractivity contribution in [2.45, 2.75) is 12.3 Å². The fraction of sp³-hybridized carbons (Fsp3) is 0.250. The maximum Gasteiger partial charge on any atom is 0.268 e. The zero-order valence-electron chi connectivity index (χ0n) is 6.97. The molecule has 6 heteroatoms. The van der Waals surface area contributed by atoms with Gasteiger partial charge in [-0.05, 0) is 0 Å². The van der Waals surface area contributed by atoms with Crippen LogP contribution in [-0.2, 0) is 5.88 Å². The Morgan fingerprint density at radius 1 is 1.64 bits per heavy atom. The van der Waals surface area contributed by atoms with Crippen LogP contribution in [0.1, 0.15) is 23.1 Å². The maximum absolute atomic E-state index is 12.5. The predicted molar refractivity (Wildman–Crippen MR) is 47.9 cm³/mol. The van der Waals surface area contributed by atoms with Crippen molar-refractivity contribution in [3.05, 3.63) is 22.9 Å². The number of nitrogen functional groups attached to an aromatic ring is 1. The average molecular weight is 218 g/mol. The third-order valence-electron chi connectivity index (χ3n) is 1.70. The molecule has 0 spiro atoms. The molecular weight excluding hydrogens is 212 g/mol. The number of nitrogens with zero attached hydrogens (tertiary/aromatic N) is 2. The summed E-state index contributed by atoms with van der Waals surface area (Å²) in [5.41, 5.74) is 4.78. The average Bonchev–Trinajstić information content (AvgIpc) is 2.16. The highest BCUT2D eigenvalue weighted by Crippen LogP contribution is 2.29. The van der Waals surface area contributed by atoms with E-state index in [1.54, 1.807) is 6.07 Å². The van der Waals surface area contributed by atoms with Crippen molar-refractivity contribution in [1.29, 1.82) is 5.26 Å². The summed E-state index contributed by atoms with van der Waals surface area (Å²) in [5.74, 6) is -0.374. The first-order chi connectivity index (χ1) is 6.61. The van der Waals surface area contributed by atoms with Crippen LogP contribution in [0.25, 0.3) is 0 Å². The van der Waals surface area contributed by atoms with E-state index >= 15 is 0 Å². The van der Waals surface area contributed by atoms with Crippen molar-refractivity contribution in [2.75, 3.05) is 5.73 Å². The normalized spacial score (nSPS) is 10.2. The quantitative estimate of drug-likeness (QED) is 0.773. The Bertz CT molecular complexity index is 387. The molecule has 0 saturated carbocycles. The molecule has 2 N–H and O–H groups in total. The van der Waals surface area contributed by atoms with Crippen LogP contribution in [0, 0.1) is 11.3 Å². The molecule has 1 heterocycles. The molecule has 0 aliphatic rings. The second kappa shape index (κ2) is 4.20. The summed E-state index contributed by atoms with van der Waals surface area (Å²) in [6.07, 6.45) is -1.59. The van der Waals surface area contributed by atoms with Crippen LogP contribution in [0.3, 0.4) is 0 Å². The lowest BCUT2D eigenvalue weighted by molar-refractivity contribution is 0.151. The van der Waals surface area contributed by atoms with Crippen molar-refractivity contribution in [3.8, 4) is 6.07 Å². The van der Waals surface area contributed by atoms with Crippen LogP contribution in [-0.4, -0.2) is 4.98 Å². The number of nitriles is 1. The SMILES string of the molecule is N#Cc1c(CCl)cnc(N)c1C(F)F. The summed E-state index contributed by atoms with van der Waals surface area (Å²) >= 11 is 5.46. The topological polar surface area (TPSA) is 62.7 Å². The van der Waals surface area contributed by atoms with Crippen LogP contribution in [0.2, 0.25) is 0 Å². The van der Waals surface area contributed by atoms with E-state index in [0.717, 1.165) is 0 Å². The van der Waals surface area contributed by atoms with Gasteiger partial charge in [-0.3, -0.25) is 0 Å². The lowest BCUT2D eigenvalue weighted by atomic mass is 10.1. The van der Waals surface area contributed by atoms with E-state index in [1.807, 2.05) is 0 Å². The molecule has 0 fully saturated rings. The van der Waals surface area contributed by atoms with Gasteiger partial charge in [0.25, 0.3) is 6.43 Å². The molecule has 1 aromatic heterocycles. The first-order valence-electron chi connectivity index (χ1n) is 3.63. The summed E-state index contributed by atoms with van der Waals surface area (Å²) in [7, 11) is 0. The van der Waals surface area contributed by atoms with Gasteiger partial charge in [0, 0.05) is 11.8 Å². The number of nitrogens with two attached hydrogens (primary N) is 1. The Hall–Kier alpha value is -1.41. The minimum atomic E-state index is -2.82. The molecule has 14 heavy (non-hydrogen) atoms. The van der Waals surface area contributed by atoms with Gasteiger partial charge in [-0.1, -0.05) is 0 Å². The highest BCUT2D eigenvalue weighted by Gasteiger charge is 2.20. The van der Waals surface area contributed by atoms with E-state index in [0.29, 0.717) is 0 Å². The van der Waals surface area contributed by atoms with Crippen LogP contribution >= 0.6 is 11.6 Å². The van der Waals surface area contributed by atoms with Gasteiger partial charge in [-0.25, -0.2) is 13.8 Å². The first-order valence-corrected chi connectivity index (χ1v) is 4.16. The summed E-state index contributed by atoms with van der Waals surface area (Å²) in [6.45, 7) is 0. The number of hydrogen-bond donors (Lipinski definition) is 1. The second-order valence-electron chi connectivity index (χ2n) is 2.50. The van der Waals surface area contributed by atoms with Gasteiger partial charge in [-0.15, -0.1) is 11.6 Å². The minimum Gasteiger partial charge on any atom is -0.383 e. The summed E-state index contributed by atoms with van der Waals surface area (Å²) in [6, 6.07) is 1.65. The monoisotopic (exact) mass is 217 g/mol. The first kappa shape index (κ1) is 10.7. The molecular formula is C8H6ClF2N3. The lowest BCUT2D eigenvalue weighted by Crippen LogP contribution is -2.04. The van der Waals surface area contributed by atoms with Crippen LogP contribution in [0.15, 0.2) is 6.20 Å². The van der Waals surface area contributed by atoms with Gasteiger partial charge in [0.15, 0.2) is 0 Å². The van der Waals surface area contributed by atoms with E-state index in [9.17, 15) is 8.78 Å². The number of alkyl halides is 3. The number of halogens is 3. The molecule has 0 unspecified atom stereocenters. The van der Waals surface area contributed by atoms with Gasteiger partial charge in [0.05, 0.1) is 17.0 Å². The predicted octanol–water partition coefficient (Wildman–Crippen LogP) is 2.21. The Morgan fingerprint density at radius 2 is 2.29 bits per heavy atom. The Morgan fingerprint density at radius 3 is 2.71 bits per heavy atom. The zero-order chi connectivity index (χ0) is 10.7. The molecule has 74 valence electrons. The van der Waals surface area contributed by atoms with Crippen molar-refractivity contribution >= 4 is 17.4 Å². The maximum atomic E-state index is 12.5. The number of rotatable bonds is 2. The zero-order valence-corrected chi connectivity index (χ0v) is 7.72. The molecule has 0 aromatic carbocycles. The van der Waals surface area contributed by atoms with E-state index in [1.165, 1.54) is 6.20 Å². The fourth-order valence-electron chi connectivity index (χ4n) is 1.04. The lowest BCUT2D eigenvalue weighted by Gasteiger charge is -2.08. The molecule has 0 radical (unpaired) electrons. The van der Waals surface area contributed by atoms with Crippen molar-refractivity contribution in [1.82, 2.24) is 4.98 Å². The Balaban J connectivity index is 3.45. The van der Waals surface area contributed by atoms with E-state index in [4.69, 9.17) is 22.6 Å². The van der Waals surface area contributed by atoms with E-state index < -0.39 is 12.0 Å². The third kappa shape index (κ3) is 1.75. The molecule has 3 nitrogen and oxygen atoms in total. The van der Waals surface area contributed by atoms with E-state index in [2.05, 4.69) is 4.98 Å². The smallest absolute Gasteiger partial charge is 0.268 e. The summed E-state index contributed by atoms with van der Waals surface area (Å²) in [4.78, 5) is 3.54. The molecule has 0 aliphatic heterocycles. The summed E-state index contributed by atoms with van der Waals surface area (Å²) < 4.78 is 25.0. The standard InChI is InChI=1S/C8H6ClF2N3/c9-1-4-3-14-8(13)6(7(10)11)5(4)2-12/h3,7H,1H2,(H2,13,14). The molecule has 0 bridgehead atoms. The second-order valence-corrected chi connectivity index (χ2v) is 2.77. The number of pyridine rings is 1. The van der Waals surface area contributed by atoms with Gasteiger partial charge in [-0.2, -0.15) is 5.26 Å². The highest BCUT2D eigenvalue weighted by molar-refractivity contribution is 6.17. The fourth-order valence-corrected chi connectivity index (χ4v) is 1.24. The molecule has 0 amide bonds. The van der Waals surface area contributed by atoms with Crippen molar-refractivity contribution in [3.63, 3.8) is 0 Å².